The van der Waals surface area contributed by atoms with Gasteiger partial charge in [-0.05, 0) is 64.8 Å². The zero-order valence-corrected chi connectivity index (χ0v) is 17.8. The van der Waals surface area contributed by atoms with Gasteiger partial charge in [0.25, 0.3) is 0 Å². The lowest BCUT2D eigenvalue weighted by Gasteiger charge is -2.16. The Bertz CT molecular complexity index is 1020. The summed E-state index contributed by atoms with van der Waals surface area (Å²) in [4.78, 5) is 25.9. The van der Waals surface area contributed by atoms with Crippen molar-refractivity contribution in [3.63, 3.8) is 0 Å². The number of ether oxygens (including phenoxy) is 1. The number of hydrogen-bond acceptors (Lipinski definition) is 5. The van der Waals surface area contributed by atoms with Crippen LogP contribution >= 0.6 is 15.9 Å². The summed E-state index contributed by atoms with van der Waals surface area (Å²) in [5, 5.41) is 0. The minimum atomic E-state index is -3.72. The number of amides is 1. The van der Waals surface area contributed by atoms with Crippen LogP contribution in [-0.2, 0) is 14.8 Å². The van der Waals surface area contributed by atoms with Crippen molar-refractivity contribution in [1.29, 1.82) is 0 Å². The van der Waals surface area contributed by atoms with E-state index in [1.807, 2.05) is 0 Å². The van der Waals surface area contributed by atoms with Crippen LogP contribution in [0.4, 0.5) is 5.69 Å². The third kappa shape index (κ3) is 4.11. The summed E-state index contributed by atoms with van der Waals surface area (Å²) in [5.74, 6) is -0.290. The first kappa shape index (κ1) is 20.5. The van der Waals surface area contributed by atoms with E-state index < -0.39 is 16.0 Å². The Morgan fingerprint density at radius 1 is 1.14 bits per heavy atom. The van der Waals surface area contributed by atoms with Gasteiger partial charge in [-0.3, -0.25) is 4.79 Å². The number of carbonyl (C=O) groups excluding carboxylic acids is 2. The number of halogens is 1. The molecule has 3 rings (SSSR count). The van der Waals surface area contributed by atoms with Crippen molar-refractivity contribution in [2.24, 2.45) is 0 Å². The van der Waals surface area contributed by atoms with Crippen LogP contribution in [0.5, 0.6) is 5.75 Å². The lowest BCUT2D eigenvalue weighted by Crippen LogP contribution is -2.23. The second kappa shape index (κ2) is 8.02. The highest BCUT2D eigenvalue weighted by molar-refractivity contribution is 9.10. The molecule has 7 nitrogen and oxygen atoms in total. The highest BCUT2D eigenvalue weighted by atomic mass is 79.9. The summed E-state index contributed by atoms with van der Waals surface area (Å²) in [7, 11) is -0.883. The van der Waals surface area contributed by atoms with Crippen molar-refractivity contribution < 1.29 is 22.7 Å². The molecule has 1 amide bonds. The number of benzene rings is 2. The van der Waals surface area contributed by atoms with Gasteiger partial charge in [-0.15, -0.1) is 0 Å². The minimum Gasteiger partial charge on any atom is -0.423 e. The molecule has 0 aliphatic carbocycles. The second-order valence-electron chi connectivity index (χ2n) is 6.46. The Morgan fingerprint density at radius 3 is 2.39 bits per heavy atom. The SMILES string of the molecule is CN(C)S(=O)(=O)c1cc(C(=O)Oc2ccc(N3CCCC3=O)cc2)ccc1Br. The molecular formula is C19H19BrN2O5S. The van der Waals surface area contributed by atoms with Crippen molar-refractivity contribution >= 4 is 43.5 Å². The summed E-state index contributed by atoms with van der Waals surface area (Å²) in [6.07, 6.45) is 1.37. The molecule has 148 valence electrons. The van der Waals surface area contributed by atoms with Crippen molar-refractivity contribution in [3.05, 3.63) is 52.5 Å². The largest absolute Gasteiger partial charge is 0.423 e. The van der Waals surface area contributed by atoms with Crippen LogP contribution in [0.25, 0.3) is 0 Å². The van der Waals surface area contributed by atoms with Crippen molar-refractivity contribution in [2.75, 3.05) is 25.5 Å². The van der Waals surface area contributed by atoms with Gasteiger partial charge in [0.2, 0.25) is 15.9 Å². The standard InChI is InChI=1S/C19H19BrN2O5S/c1-21(2)28(25,26)17-12-13(5-10-16(17)20)19(24)27-15-8-6-14(7-9-15)22-11-3-4-18(22)23/h5-10,12H,3-4,11H2,1-2H3. The second-order valence-corrected chi connectivity index (χ2v) is 9.44. The molecule has 0 bridgehead atoms. The molecule has 1 aliphatic heterocycles. The molecule has 0 saturated carbocycles. The molecule has 2 aromatic rings. The zero-order valence-electron chi connectivity index (χ0n) is 15.4. The van der Waals surface area contributed by atoms with Crippen molar-refractivity contribution in [3.8, 4) is 5.75 Å². The normalized spacial score (nSPS) is 14.6. The van der Waals surface area contributed by atoms with Gasteiger partial charge in [0.15, 0.2) is 0 Å². The summed E-state index contributed by atoms with van der Waals surface area (Å²) < 4.78 is 31.6. The van der Waals surface area contributed by atoms with Crippen LogP contribution in [0.2, 0.25) is 0 Å². The van der Waals surface area contributed by atoms with Crippen LogP contribution < -0.4 is 9.64 Å². The van der Waals surface area contributed by atoms with Gasteiger partial charge in [0.05, 0.1) is 10.5 Å². The first-order valence-electron chi connectivity index (χ1n) is 8.55. The molecule has 1 saturated heterocycles. The Balaban J connectivity index is 1.79. The van der Waals surface area contributed by atoms with Gasteiger partial charge >= 0.3 is 5.97 Å². The minimum absolute atomic E-state index is 0.0187. The molecule has 9 heteroatoms. The van der Waals surface area contributed by atoms with Crippen LogP contribution in [0.1, 0.15) is 23.2 Å². The average Bonchev–Trinajstić information content (AvgIpc) is 3.08. The van der Waals surface area contributed by atoms with Crippen molar-refractivity contribution in [1.82, 2.24) is 4.31 Å². The maximum Gasteiger partial charge on any atom is 0.343 e. The Labute approximate surface area is 172 Å². The van der Waals surface area contributed by atoms with Gasteiger partial charge in [-0.25, -0.2) is 17.5 Å². The van der Waals surface area contributed by atoms with E-state index in [4.69, 9.17) is 4.74 Å². The third-order valence-corrected chi connectivity index (χ3v) is 7.17. The van der Waals surface area contributed by atoms with E-state index in [1.165, 1.54) is 32.3 Å². The van der Waals surface area contributed by atoms with E-state index in [-0.39, 0.29) is 16.4 Å². The zero-order chi connectivity index (χ0) is 20.5. The lowest BCUT2D eigenvalue weighted by molar-refractivity contribution is -0.117. The molecule has 0 unspecified atom stereocenters. The smallest absolute Gasteiger partial charge is 0.343 e. The fourth-order valence-corrected chi connectivity index (χ4v) is 4.65. The Kier molecular flexibility index (Phi) is 5.87. The number of sulfonamides is 1. The molecule has 2 aromatic carbocycles. The molecule has 0 spiro atoms. The van der Waals surface area contributed by atoms with E-state index >= 15 is 0 Å². The molecule has 0 radical (unpaired) electrons. The molecule has 28 heavy (non-hydrogen) atoms. The first-order valence-corrected chi connectivity index (χ1v) is 10.8. The summed E-state index contributed by atoms with van der Waals surface area (Å²) >= 11 is 3.21. The number of carbonyl (C=O) groups is 2. The van der Waals surface area contributed by atoms with Gasteiger partial charge in [0, 0.05) is 37.2 Å². The summed E-state index contributed by atoms with van der Waals surface area (Å²) in [5.41, 5.74) is 0.868. The highest BCUT2D eigenvalue weighted by Crippen LogP contribution is 2.27. The van der Waals surface area contributed by atoms with Gasteiger partial charge in [-0.1, -0.05) is 0 Å². The number of nitrogens with zero attached hydrogens (tertiary/aromatic N) is 2. The molecule has 1 fully saturated rings. The maximum absolute atomic E-state index is 12.5. The van der Waals surface area contributed by atoms with Crippen LogP contribution in [0.15, 0.2) is 51.8 Å². The van der Waals surface area contributed by atoms with E-state index in [9.17, 15) is 18.0 Å². The van der Waals surface area contributed by atoms with E-state index in [0.29, 0.717) is 23.2 Å². The topological polar surface area (TPSA) is 84.0 Å². The predicted molar refractivity (Wildman–Crippen MR) is 108 cm³/mol. The Morgan fingerprint density at radius 2 is 1.82 bits per heavy atom. The summed E-state index contributed by atoms with van der Waals surface area (Å²) in [6, 6.07) is 10.9. The number of rotatable bonds is 5. The molecular weight excluding hydrogens is 448 g/mol. The van der Waals surface area contributed by atoms with Gasteiger partial charge in [0.1, 0.15) is 5.75 Å². The molecule has 0 N–H and O–H groups in total. The van der Waals surface area contributed by atoms with Gasteiger partial charge in [-0.2, -0.15) is 0 Å². The van der Waals surface area contributed by atoms with Crippen LogP contribution in [-0.4, -0.2) is 45.2 Å². The number of hydrogen-bond donors (Lipinski definition) is 0. The fourth-order valence-electron chi connectivity index (χ4n) is 2.81. The molecule has 1 aliphatic rings. The van der Waals surface area contributed by atoms with Crippen LogP contribution in [0, 0.1) is 0 Å². The quantitative estimate of drug-likeness (QED) is 0.499. The average molecular weight is 467 g/mol. The molecule has 0 aromatic heterocycles. The lowest BCUT2D eigenvalue weighted by atomic mass is 10.2. The summed E-state index contributed by atoms with van der Waals surface area (Å²) in [6.45, 7) is 0.681. The molecule has 0 atom stereocenters. The third-order valence-electron chi connectivity index (χ3n) is 4.36. The fraction of sp³-hybridized carbons (Fsp3) is 0.263. The highest BCUT2D eigenvalue weighted by Gasteiger charge is 2.23. The monoisotopic (exact) mass is 466 g/mol. The van der Waals surface area contributed by atoms with E-state index in [0.717, 1.165) is 16.4 Å². The molecule has 1 heterocycles. The maximum atomic E-state index is 12.5. The Hall–Kier alpha value is -2.23. The first-order chi connectivity index (χ1) is 13.2. The van der Waals surface area contributed by atoms with Gasteiger partial charge < -0.3 is 9.64 Å². The number of esters is 1. The number of anilines is 1. The van der Waals surface area contributed by atoms with Crippen LogP contribution in [0.3, 0.4) is 0 Å². The predicted octanol–water partition coefficient (Wildman–Crippen LogP) is 3.05. The van der Waals surface area contributed by atoms with E-state index in [2.05, 4.69) is 15.9 Å². The van der Waals surface area contributed by atoms with Crippen molar-refractivity contribution in [2.45, 2.75) is 17.7 Å². The van der Waals surface area contributed by atoms with E-state index in [1.54, 1.807) is 29.2 Å².